The van der Waals surface area contributed by atoms with Crippen LogP contribution in [-0.4, -0.2) is 22.1 Å². The number of carbonyl (C=O) groups is 1. The molecular weight excluding hydrogens is 264 g/mol. The van der Waals surface area contributed by atoms with Gasteiger partial charge in [-0.3, -0.25) is 0 Å². The van der Waals surface area contributed by atoms with E-state index in [1.807, 2.05) is 6.07 Å². The third-order valence-electron chi connectivity index (χ3n) is 5.31. The van der Waals surface area contributed by atoms with Crippen LogP contribution in [0, 0.1) is 11.8 Å². The molecule has 4 nitrogen and oxygen atoms in total. The number of carboxylic acid groups (broad SMARTS) is 1. The Labute approximate surface area is 126 Å². The quantitative estimate of drug-likeness (QED) is 0.893. The molecule has 1 heterocycles. The fourth-order valence-corrected chi connectivity index (χ4v) is 3.71. The minimum atomic E-state index is -0.879. The average molecular weight is 288 g/mol. The molecule has 1 saturated carbocycles. The van der Waals surface area contributed by atoms with Gasteiger partial charge in [-0.2, -0.15) is 0 Å². The average Bonchev–Trinajstić information content (AvgIpc) is 2.90. The number of carboxylic acids is 1. The Balaban J connectivity index is 1.89. The van der Waals surface area contributed by atoms with Crippen molar-refractivity contribution in [2.24, 2.45) is 11.8 Å². The van der Waals surface area contributed by atoms with Crippen molar-refractivity contribution >= 4 is 11.8 Å². The lowest BCUT2D eigenvalue weighted by atomic mass is 9.78. The van der Waals surface area contributed by atoms with Crippen molar-refractivity contribution in [3.05, 3.63) is 22.9 Å². The van der Waals surface area contributed by atoms with Crippen LogP contribution in [0.2, 0.25) is 0 Å². The summed E-state index contributed by atoms with van der Waals surface area (Å²) in [5.41, 5.74) is 2.53. The first kappa shape index (κ1) is 14.4. The third kappa shape index (κ3) is 2.76. The van der Waals surface area contributed by atoms with Gasteiger partial charge in [-0.25, -0.2) is 9.78 Å². The van der Waals surface area contributed by atoms with Gasteiger partial charge in [-0.05, 0) is 49.1 Å². The van der Waals surface area contributed by atoms with Crippen LogP contribution < -0.4 is 5.32 Å². The summed E-state index contributed by atoms with van der Waals surface area (Å²) >= 11 is 0. The maximum Gasteiger partial charge on any atom is 0.339 e. The van der Waals surface area contributed by atoms with Crippen molar-refractivity contribution in [2.75, 3.05) is 5.32 Å². The van der Waals surface area contributed by atoms with Gasteiger partial charge in [-0.1, -0.05) is 26.7 Å². The van der Waals surface area contributed by atoms with Crippen molar-refractivity contribution in [3.8, 4) is 0 Å². The Bertz CT molecular complexity index is 556. The molecular formula is C17H24N2O2. The number of nitrogens with zero attached hydrogens (tertiary/aromatic N) is 1. The predicted octanol–water partition coefficient (Wildman–Crippen LogP) is 3.51. The first-order valence-electron chi connectivity index (χ1n) is 8.09. The Hall–Kier alpha value is -1.58. The number of hydrogen-bond acceptors (Lipinski definition) is 3. The smallest absolute Gasteiger partial charge is 0.339 e. The highest BCUT2D eigenvalue weighted by Gasteiger charge is 2.29. The van der Waals surface area contributed by atoms with Crippen LogP contribution in [0.4, 0.5) is 5.82 Å². The predicted molar refractivity (Wildman–Crippen MR) is 82.8 cm³/mol. The Morgan fingerprint density at radius 2 is 2.10 bits per heavy atom. The molecule has 2 N–H and O–H groups in total. The Morgan fingerprint density at radius 3 is 2.86 bits per heavy atom. The number of anilines is 1. The zero-order valence-corrected chi connectivity index (χ0v) is 12.9. The molecule has 1 fully saturated rings. The second-order valence-electron chi connectivity index (χ2n) is 6.67. The Morgan fingerprint density at radius 1 is 1.29 bits per heavy atom. The standard InChI is InChI=1S/C17H24N2O2/c1-10-5-3-7-14(11(10)2)18-16-13(17(20)21)9-12-6-4-8-15(12)19-16/h9-11,14H,3-8H2,1-2H3,(H,18,19)(H,20,21). The largest absolute Gasteiger partial charge is 0.478 e. The highest BCUT2D eigenvalue weighted by Crippen LogP contribution is 2.33. The lowest BCUT2D eigenvalue weighted by Crippen LogP contribution is -2.35. The van der Waals surface area contributed by atoms with Gasteiger partial charge in [-0.15, -0.1) is 0 Å². The topological polar surface area (TPSA) is 62.2 Å². The molecule has 0 amide bonds. The second kappa shape index (κ2) is 5.66. The monoisotopic (exact) mass is 288 g/mol. The van der Waals surface area contributed by atoms with Crippen LogP contribution >= 0.6 is 0 Å². The minimum absolute atomic E-state index is 0.332. The molecule has 4 heteroatoms. The van der Waals surface area contributed by atoms with Crippen LogP contribution in [0.15, 0.2) is 6.07 Å². The summed E-state index contributed by atoms with van der Waals surface area (Å²) in [6.07, 6.45) is 6.59. The van der Waals surface area contributed by atoms with Gasteiger partial charge in [0.2, 0.25) is 0 Å². The summed E-state index contributed by atoms with van der Waals surface area (Å²) in [6, 6.07) is 2.16. The van der Waals surface area contributed by atoms with E-state index >= 15 is 0 Å². The molecule has 0 spiro atoms. The third-order valence-corrected chi connectivity index (χ3v) is 5.31. The van der Waals surface area contributed by atoms with E-state index in [0.717, 1.165) is 36.9 Å². The maximum absolute atomic E-state index is 11.5. The van der Waals surface area contributed by atoms with Gasteiger partial charge in [0.05, 0.1) is 0 Å². The van der Waals surface area contributed by atoms with E-state index in [2.05, 4.69) is 24.1 Å². The molecule has 0 saturated heterocycles. The normalized spacial score (nSPS) is 28.2. The zero-order chi connectivity index (χ0) is 15.0. The molecule has 1 aromatic heterocycles. The van der Waals surface area contributed by atoms with E-state index in [1.54, 1.807) is 0 Å². The molecule has 3 rings (SSSR count). The number of aryl methyl sites for hydroxylation is 2. The number of aromatic carboxylic acids is 1. The highest BCUT2D eigenvalue weighted by molar-refractivity contribution is 5.93. The lowest BCUT2D eigenvalue weighted by molar-refractivity contribution is 0.0697. The summed E-state index contributed by atoms with van der Waals surface area (Å²) in [6.45, 7) is 4.54. The number of aromatic nitrogens is 1. The zero-order valence-electron chi connectivity index (χ0n) is 12.9. The van der Waals surface area contributed by atoms with Gasteiger partial charge >= 0.3 is 5.97 Å². The number of hydrogen-bond donors (Lipinski definition) is 2. The lowest BCUT2D eigenvalue weighted by Gasteiger charge is -2.35. The van der Waals surface area contributed by atoms with Gasteiger partial charge in [0.25, 0.3) is 0 Å². The number of fused-ring (bicyclic) bond motifs is 1. The van der Waals surface area contributed by atoms with Gasteiger partial charge in [0.15, 0.2) is 0 Å². The molecule has 0 aromatic carbocycles. The van der Waals surface area contributed by atoms with E-state index in [1.165, 1.54) is 12.8 Å². The molecule has 0 bridgehead atoms. The Kier molecular flexibility index (Phi) is 3.87. The van der Waals surface area contributed by atoms with Crippen LogP contribution in [0.25, 0.3) is 0 Å². The summed E-state index contributed by atoms with van der Waals surface area (Å²) in [5, 5.41) is 12.9. The van der Waals surface area contributed by atoms with Crippen molar-refractivity contribution < 1.29 is 9.90 Å². The summed E-state index contributed by atoms with van der Waals surface area (Å²) in [4.78, 5) is 16.2. The van der Waals surface area contributed by atoms with Crippen molar-refractivity contribution in [2.45, 2.75) is 58.4 Å². The van der Waals surface area contributed by atoms with Crippen molar-refractivity contribution in [1.82, 2.24) is 4.98 Å². The van der Waals surface area contributed by atoms with Crippen LogP contribution in [-0.2, 0) is 12.8 Å². The van der Waals surface area contributed by atoms with E-state index < -0.39 is 5.97 Å². The fraction of sp³-hybridized carbons (Fsp3) is 0.647. The van der Waals surface area contributed by atoms with Crippen molar-refractivity contribution in [3.63, 3.8) is 0 Å². The maximum atomic E-state index is 11.5. The number of pyridine rings is 1. The molecule has 114 valence electrons. The van der Waals surface area contributed by atoms with E-state index in [-0.39, 0.29) is 0 Å². The summed E-state index contributed by atoms with van der Waals surface area (Å²) < 4.78 is 0. The van der Waals surface area contributed by atoms with E-state index in [0.29, 0.717) is 29.3 Å². The summed E-state index contributed by atoms with van der Waals surface area (Å²) in [5.74, 6) is 0.930. The summed E-state index contributed by atoms with van der Waals surface area (Å²) in [7, 11) is 0. The number of rotatable bonds is 3. The van der Waals surface area contributed by atoms with Crippen LogP contribution in [0.5, 0.6) is 0 Å². The first-order valence-corrected chi connectivity index (χ1v) is 8.09. The van der Waals surface area contributed by atoms with Crippen LogP contribution in [0.1, 0.15) is 61.1 Å². The molecule has 2 aliphatic carbocycles. The second-order valence-corrected chi connectivity index (χ2v) is 6.67. The minimum Gasteiger partial charge on any atom is -0.478 e. The molecule has 3 unspecified atom stereocenters. The van der Waals surface area contributed by atoms with E-state index in [4.69, 9.17) is 0 Å². The first-order chi connectivity index (χ1) is 10.1. The molecule has 1 aromatic rings. The van der Waals surface area contributed by atoms with Crippen molar-refractivity contribution in [1.29, 1.82) is 0 Å². The number of nitrogens with one attached hydrogen (secondary N) is 1. The molecule has 21 heavy (non-hydrogen) atoms. The fourth-order valence-electron chi connectivity index (χ4n) is 3.71. The molecule has 2 aliphatic rings. The van der Waals surface area contributed by atoms with E-state index in [9.17, 15) is 9.90 Å². The highest BCUT2D eigenvalue weighted by atomic mass is 16.4. The van der Waals surface area contributed by atoms with Gasteiger partial charge in [0, 0.05) is 11.7 Å². The van der Waals surface area contributed by atoms with Crippen LogP contribution in [0.3, 0.4) is 0 Å². The molecule has 0 radical (unpaired) electrons. The molecule has 0 aliphatic heterocycles. The van der Waals surface area contributed by atoms with Gasteiger partial charge < -0.3 is 10.4 Å². The van der Waals surface area contributed by atoms with Gasteiger partial charge in [0.1, 0.15) is 11.4 Å². The molecule has 3 atom stereocenters. The SMILES string of the molecule is CC1CCCC(Nc2nc3c(cc2C(=O)O)CCC3)C1C.